The predicted molar refractivity (Wildman–Crippen MR) is 63.8 cm³/mol. The van der Waals surface area contributed by atoms with E-state index in [4.69, 9.17) is 5.73 Å². The second kappa shape index (κ2) is 4.39. The van der Waals surface area contributed by atoms with E-state index in [9.17, 15) is 5.11 Å². The number of hydrogen-bond acceptors (Lipinski definition) is 4. The molecule has 1 saturated heterocycles. The van der Waals surface area contributed by atoms with Crippen molar-refractivity contribution in [3.05, 3.63) is 23.9 Å². The van der Waals surface area contributed by atoms with Crippen molar-refractivity contribution < 1.29 is 5.11 Å². The van der Waals surface area contributed by atoms with E-state index >= 15 is 0 Å². The lowest BCUT2D eigenvalue weighted by molar-refractivity contribution is -0.0152. The van der Waals surface area contributed by atoms with Gasteiger partial charge < -0.3 is 16.2 Å². The molecule has 0 radical (unpaired) electrons. The van der Waals surface area contributed by atoms with E-state index < -0.39 is 5.60 Å². The van der Waals surface area contributed by atoms with Crippen LogP contribution in [0, 0.1) is 5.92 Å². The van der Waals surface area contributed by atoms with Gasteiger partial charge in [0.2, 0.25) is 0 Å². The Kier molecular flexibility index (Phi) is 3.12. The third-order valence-corrected chi connectivity index (χ3v) is 3.48. The maximum Gasteiger partial charge on any atom is 0.129 e. The molecule has 1 fully saturated rings. The molecule has 4 nitrogen and oxygen atoms in total. The zero-order valence-corrected chi connectivity index (χ0v) is 9.61. The second-order valence-electron chi connectivity index (χ2n) is 4.63. The smallest absolute Gasteiger partial charge is 0.129 e. The molecule has 2 rings (SSSR count). The molecule has 88 valence electrons. The predicted octanol–water partition coefficient (Wildman–Crippen LogP) is 0.871. The van der Waals surface area contributed by atoms with Crippen LogP contribution in [0.25, 0.3) is 0 Å². The molecule has 1 aliphatic rings. The summed E-state index contributed by atoms with van der Waals surface area (Å²) in [4.78, 5) is 4.04. The van der Waals surface area contributed by atoms with Gasteiger partial charge in [-0.2, -0.15) is 0 Å². The third kappa shape index (κ3) is 2.03. The molecule has 0 aromatic carbocycles. The zero-order valence-electron chi connectivity index (χ0n) is 9.61. The highest BCUT2D eigenvalue weighted by Gasteiger charge is 2.36. The molecule has 0 amide bonds. The molecular weight excluding hydrogens is 202 g/mol. The van der Waals surface area contributed by atoms with Gasteiger partial charge in [0.1, 0.15) is 5.82 Å². The lowest BCUT2D eigenvalue weighted by Crippen LogP contribution is -2.42. The first-order valence-electron chi connectivity index (χ1n) is 5.76. The fraction of sp³-hybridized carbons (Fsp3) is 0.583. The molecule has 0 aliphatic carbocycles. The van der Waals surface area contributed by atoms with Crippen LogP contribution in [0.2, 0.25) is 0 Å². The van der Waals surface area contributed by atoms with Crippen molar-refractivity contribution in [1.82, 2.24) is 10.3 Å². The summed E-state index contributed by atoms with van der Waals surface area (Å²) < 4.78 is 0. The van der Waals surface area contributed by atoms with Gasteiger partial charge in [0, 0.05) is 24.2 Å². The summed E-state index contributed by atoms with van der Waals surface area (Å²) in [5, 5.41) is 13.9. The molecule has 1 aromatic rings. The summed E-state index contributed by atoms with van der Waals surface area (Å²) in [7, 11) is 0. The number of anilines is 1. The largest absolute Gasteiger partial charge is 0.385 e. The monoisotopic (exact) mass is 221 g/mol. The van der Waals surface area contributed by atoms with Crippen molar-refractivity contribution in [2.24, 2.45) is 5.92 Å². The minimum Gasteiger partial charge on any atom is -0.385 e. The summed E-state index contributed by atoms with van der Waals surface area (Å²) in [6.07, 6.45) is 3.77. The Morgan fingerprint density at radius 2 is 2.44 bits per heavy atom. The Morgan fingerprint density at radius 3 is 3.06 bits per heavy atom. The molecule has 0 spiro atoms. The van der Waals surface area contributed by atoms with Crippen LogP contribution in [0.5, 0.6) is 0 Å². The molecule has 1 aromatic heterocycles. The standard InChI is InChI=1S/C12H19N3O/c1-12(16,9-4-2-6-14-8-9)10-5-3-7-15-11(10)13/h3,5,7,9,14,16H,2,4,6,8H2,1H3,(H2,13,15). The number of aromatic nitrogens is 1. The van der Waals surface area contributed by atoms with E-state index in [-0.39, 0.29) is 5.92 Å². The number of piperidine rings is 1. The maximum absolute atomic E-state index is 10.6. The Hall–Kier alpha value is -1.13. The normalized spacial score (nSPS) is 25.0. The summed E-state index contributed by atoms with van der Waals surface area (Å²) in [5.41, 5.74) is 5.66. The van der Waals surface area contributed by atoms with Crippen LogP contribution < -0.4 is 11.1 Å². The molecule has 4 heteroatoms. The highest BCUT2D eigenvalue weighted by molar-refractivity contribution is 5.42. The molecule has 16 heavy (non-hydrogen) atoms. The molecule has 1 aliphatic heterocycles. The van der Waals surface area contributed by atoms with E-state index in [0.29, 0.717) is 5.82 Å². The van der Waals surface area contributed by atoms with E-state index in [1.807, 2.05) is 19.1 Å². The zero-order chi connectivity index (χ0) is 11.6. The number of hydrogen-bond donors (Lipinski definition) is 3. The van der Waals surface area contributed by atoms with Crippen LogP contribution in [-0.2, 0) is 5.60 Å². The lowest BCUT2D eigenvalue weighted by Gasteiger charge is -2.36. The van der Waals surface area contributed by atoms with Gasteiger partial charge in [0.05, 0.1) is 5.60 Å². The number of nitrogen functional groups attached to an aromatic ring is 1. The molecule has 4 N–H and O–H groups in total. The van der Waals surface area contributed by atoms with Gasteiger partial charge in [0.25, 0.3) is 0 Å². The topological polar surface area (TPSA) is 71.2 Å². The Morgan fingerprint density at radius 1 is 1.62 bits per heavy atom. The van der Waals surface area contributed by atoms with Crippen molar-refractivity contribution in [1.29, 1.82) is 0 Å². The van der Waals surface area contributed by atoms with Gasteiger partial charge in [0.15, 0.2) is 0 Å². The molecule has 2 unspecified atom stereocenters. The maximum atomic E-state index is 10.6. The summed E-state index contributed by atoms with van der Waals surface area (Å²) in [6, 6.07) is 3.67. The minimum atomic E-state index is -0.897. The summed E-state index contributed by atoms with van der Waals surface area (Å²) >= 11 is 0. The van der Waals surface area contributed by atoms with Crippen LogP contribution in [0.4, 0.5) is 5.82 Å². The average Bonchev–Trinajstić information content (AvgIpc) is 2.30. The minimum absolute atomic E-state index is 0.202. The number of nitrogens with two attached hydrogens (primary N) is 1. The Bertz CT molecular complexity index is 359. The van der Waals surface area contributed by atoms with E-state index in [1.165, 1.54) is 0 Å². The first kappa shape index (κ1) is 11.4. The van der Waals surface area contributed by atoms with Crippen LogP contribution in [-0.4, -0.2) is 23.2 Å². The summed E-state index contributed by atoms with van der Waals surface area (Å²) in [5.74, 6) is 0.630. The molecule has 2 heterocycles. The van der Waals surface area contributed by atoms with E-state index in [2.05, 4.69) is 10.3 Å². The van der Waals surface area contributed by atoms with Crippen LogP contribution >= 0.6 is 0 Å². The van der Waals surface area contributed by atoms with Gasteiger partial charge in [-0.15, -0.1) is 0 Å². The first-order chi connectivity index (χ1) is 7.62. The van der Waals surface area contributed by atoms with Crippen molar-refractivity contribution in [2.75, 3.05) is 18.8 Å². The number of nitrogens with one attached hydrogen (secondary N) is 1. The van der Waals surface area contributed by atoms with Gasteiger partial charge in [-0.25, -0.2) is 4.98 Å². The lowest BCUT2D eigenvalue weighted by atomic mass is 9.79. The molecule has 2 atom stereocenters. The number of nitrogens with zero attached hydrogens (tertiary/aromatic N) is 1. The van der Waals surface area contributed by atoms with Crippen LogP contribution in [0.1, 0.15) is 25.3 Å². The van der Waals surface area contributed by atoms with Crippen molar-refractivity contribution in [3.8, 4) is 0 Å². The molecule has 0 bridgehead atoms. The van der Waals surface area contributed by atoms with Crippen molar-refractivity contribution >= 4 is 5.82 Å². The van der Waals surface area contributed by atoms with Gasteiger partial charge in [-0.1, -0.05) is 6.07 Å². The Balaban J connectivity index is 2.26. The van der Waals surface area contributed by atoms with E-state index in [1.54, 1.807) is 6.20 Å². The SMILES string of the molecule is CC(O)(c1cccnc1N)C1CCCNC1. The van der Waals surface area contributed by atoms with E-state index in [0.717, 1.165) is 31.5 Å². The highest BCUT2D eigenvalue weighted by atomic mass is 16.3. The fourth-order valence-electron chi connectivity index (χ4n) is 2.40. The van der Waals surface area contributed by atoms with Gasteiger partial charge in [-0.05, 0) is 32.4 Å². The average molecular weight is 221 g/mol. The van der Waals surface area contributed by atoms with Gasteiger partial charge in [-0.3, -0.25) is 0 Å². The van der Waals surface area contributed by atoms with Crippen LogP contribution in [0.3, 0.4) is 0 Å². The quantitative estimate of drug-likeness (QED) is 0.693. The summed E-state index contributed by atoms with van der Waals surface area (Å²) in [6.45, 7) is 3.70. The number of aliphatic hydroxyl groups is 1. The third-order valence-electron chi connectivity index (χ3n) is 3.48. The van der Waals surface area contributed by atoms with Crippen molar-refractivity contribution in [2.45, 2.75) is 25.4 Å². The molecular formula is C12H19N3O. The second-order valence-corrected chi connectivity index (χ2v) is 4.63. The highest BCUT2D eigenvalue weighted by Crippen LogP contribution is 2.35. The fourth-order valence-corrected chi connectivity index (χ4v) is 2.40. The first-order valence-corrected chi connectivity index (χ1v) is 5.76. The van der Waals surface area contributed by atoms with Gasteiger partial charge >= 0.3 is 0 Å². The molecule has 0 saturated carbocycles. The number of rotatable bonds is 2. The Labute approximate surface area is 95.9 Å². The van der Waals surface area contributed by atoms with Crippen LogP contribution in [0.15, 0.2) is 18.3 Å². The number of pyridine rings is 1. The van der Waals surface area contributed by atoms with Crippen molar-refractivity contribution in [3.63, 3.8) is 0 Å².